The van der Waals surface area contributed by atoms with Gasteiger partial charge in [0.1, 0.15) is 17.3 Å². The zero-order valence-corrected chi connectivity index (χ0v) is 19.3. The van der Waals surface area contributed by atoms with Crippen LogP contribution in [-0.4, -0.2) is 36.7 Å². The largest absolute Gasteiger partial charge is 0.494 e. The third kappa shape index (κ3) is 5.35. The number of hydrogen-bond acceptors (Lipinski definition) is 7. The molecule has 0 atom stereocenters. The quantitative estimate of drug-likeness (QED) is 0.347. The Morgan fingerprint density at radius 1 is 1.12 bits per heavy atom. The fraction of sp³-hybridized carbons (Fsp3) is 0.174. The molecule has 0 bridgehead atoms. The van der Waals surface area contributed by atoms with Gasteiger partial charge in [-0.15, -0.1) is 0 Å². The molecule has 1 amide bonds. The van der Waals surface area contributed by atoms with Crippen LogP contribution in [0.3, 0.4) is 0 Å². The molecule has 33 heavy (non-hydrogen) atoms. The SMILES string of the molecule is CCOc1ccc2nc(N(Cc3ccccn3)C(=O)CS(=O)(=O)c3ccc(F)cc3)sc2c1. The molecule has 0 N–H and O–H groups in total. The van der Waals surface area contributed by atoms with Gasteiger partial charge >= 0.3 is 0 Å². The maximum atomic E-state index is 13.2. The summed E-state index contributed by atoms with van der Waals surface area (Å²) in [5, 5.41) is 0.351. The van der Waals surface area contributed by atoms with E-state index in [4.69, 9.17) is 4.74 Å². The number of halogens is 1. The second-order valence-corrected chi connectivity index (χ2v) is 10.1. The van der Waals surface area contributed by atoms with Crippen LogP contribution in [-0.2, 0) is 21.2 Å². The molecular weight excluding hydrogens is 465 g/mol. The number of fused-ring (bicyclic) bond motifs is 1. The molecule has 4 aromatic rings. The summed E-state index contributed by atoms with van der Waals surface area (Å²) >= 11 is 1.26. The number of carbonyl (C=O) groups excluding carboxylic acids is 1. The van der Waals surface area contributed by atoms with E-state index in [1.165, 1.54) is 16.2 Å². The normalized spacial score (nSPS) is 11.5. The molecule has 0 aliphatic heterocycles. The fourth-order valence-electron chi connectivity index (χ4n) is 3.15. The molecule has 0 aliphatic rings. The molecule has 0 fully saturated rings. The van der Waals surface area contributed by atoms with Gasteiger partial charge in [-0.05, 0) is 61.5 Å². The van der Waals surface area contributed by atoms with Crippen molar-refractivity contribution in [2.75, 3.05) is 17.3 Å². The van der Waals surface area contributed by atoms with Gasteiger partial charge in [0.15, 0.2) is 15.0 Å². The molecule has 0 aliphatic carbocycles. The second-order valence-electron chi connectivity index (χ2n) is 7.07. The minimum Gasteiger partial charge on any atom is -0.494 e. The van der Waals surface area contributed by atoms with E-state index >= 15 is 0 Å². The molecule has 0 radical (unpaired) electrons. The van der Waals surface area contributed by atoms with Crippen LogP contribution in [0.1, 0.15) is 12.6 Å². The van der Waals surface area contributed by atoms with E-state index < -0.39 is 27.3 Å². The number of anilines is 1. The number of hydrogen-bond donors (Lipinski definition) is 0. The van der Waals surface area contributed by atoms with E-state index in [9.17, 15) is 17.6 Å². The number of sulfone groups is 1. The van der Waals surface area contributed by atoms with Crippen LogP contribution in [0.15, 0.2) is 71.8 Å². The Morgan fingerprint density at radius 3 is 2.61 bits per heavy atom. The predicted octanol–water partition coefficient (Wildman–Crippen LogP) is 4.24. The van der Waals surface area contributed by atoms with Crippen molar-refractivity contribution in [2.24, 2.45) is 0 Å². The highest BCUT2D eigenvalue weighted by molar-refractivity contribution is 7.92. The van der Waals surface area contributed by atoms with Gasteiger partial charge in [-0.2, -0.15) is 0 Å². The number of amides is 1. The lowest BCUT2D eigenvalue weighted by atomic mass is 10.3. The maximum Gasteiger partial charge on any atom is 0.244 e. The summed E-state index contributed by atoms with van der Waals surface area (Å²) in [7, 11) is -3.99. The Kier molecular flexibility index (Phi) is 6.66. The van der Waals surface area contributed by atoms with E-state index in [1.807, 2.05) is 13.0 Å². The van der Waals surface area contributed by atoms with Crippen LogP contribution in [0.4, 0.5) is 9.52 Å². The van der Waals surface area contributed by atoms with Crippen LogP contribution >= 0.6 is 11.3 Å². The van der Waals surface area contributed by atoms with Crippen LogP contribution in [0, 0.1) is 5.82 Å². The molecular formula is C23H20FN3O4S2. The van der Waals surface area contributed by atoms with Gasteiger partial charge in [0.05, 0.1) is 34.0 Å². The first kappa shape index (κ1) is 22.8. The summed E-state index contributed by atoms with van der Waals surface area (Å²) in [6.07, 6.45) is 1.60. The smallest absolute Gasteiger partial charge is 0.244 e. The van der Waals surface area contributed by atoms with E-state index in [0.29, 0.717) is 28.7 Å². The maximum absolute atomic E-state index is 13.2. The minimum atomic E-state index is -3.99. The van der Waals surface area contributed by atoms with E-state index in [1.54, 1.807) is 36.5 Å². The Labute approximate surface area is 194 Å². The predicted molar refractivity (Wildman–Crippen MR) is 125 cm³/mol. The molecule has 2 aromatic heterocycles. The fourth-order valence-corrected chi connectivity index (χ4v) is 5.36. The highest BCUT2D eigenvalue weighted by Gasteiger charge is 2.27. The van der Waals surface area contributed by atoms with Crippen LogP contribution in [0.2, 0.25) is 0 Å². The second kappa shape index (κ2) is 9.63. The van der Waals surface area contributed by atoms with E-state index in [2.05, 4.69) is 9.97 Å². The Balaban J connectivity index is 1.68. The zero-order valence-electron chi connectivity index (χ0n) is 17.6. The van der Waals surface area contributed by atoms with Crippen molar-refractivity contribution in [1.29, 1.82) is 0 Å². The number of benzene rings is 2. The number of nitrogens with zero attached hydrogens (tertiary/aromatic N) is 3. The van der Waals surface area contributed by atoms with E-state index in [0.717, 1.165) is 29.0 Å². The average molecular weight is 486 g/mol. The molecule has 0 saturated carbocycles. The lowest BCUT2D eigenvalue weighted by molar-refractivity contribution is -0.116. The number of aromatic nitrogens is 2. The standard InChI is InChI=1S/C23H20FN3O4S2/c1-2-31-18-8-11-20-21(13-18)32-23(26-20)27(14-17-5-3-4-12-25-17)22(28)15-33(29,30)19-9-6-16(24)7-10-19/h3-13H,2,14-15H2,1H3. The highest BCUT2D eigenvalue weighted by atomic mass is 32.2. The van der Waals surface area contributed by atoms with Crippen molar-refractivity contribution < 1.29 is 22.3 Å². The summed E-state index contributed by atoms with van der Waals surface area (Å²) in [6, 6.07) is 15.1. The Bertz CT molecular complexity index is 1370. The summed E-state index contributed by atoms with van der Waals surface area (Å²) in [5.74, 6) is -1.32. The van der Waals surface area contributed by atoms with Crippen molar-refractivity contribution in [3.05, 3.63) is 78.4 Å². The summed E-state index contributed by atoms with van der Waals surface area (Å²) in [4.78, 5) is 23.2. The third-order valence-electron chi connectivity index (χ3n) is 4.72. The molecule has 4 rings (SSSR count). The van der Waals surface area contributed by atoms with Gasteiger partial charge in [0, 0.05) is 6.20 Å². The van der Waals surface area contributed by atoms with Crippen molar-refractivity contribution in [1.82, 2.24) is 9.97 Å². The topological polar surface area (TPSA) is 89.5 Å². The zero-order chi connectivity index (χ0) is 23.4. The third-order valence-corrected chi connectivity index (χ3v) is 7.38. The van der Waals surface area contributed by atoms with Gasteiger partial charge in [-0.3, -0.25) is 14.7 Å². The number of thiazole rings is 1. The lowest BCUT2D eigenvalue weighted by Gasteiger charge is -2.19. The highest BCUT2D eigenvalue weighted by Crippen LogP contribution is 2.32. The molecule has 2 heterocycles. The van der Waals surface area contributed by atoms with Crippen LogP contribution < -0.4 is 9.64 Å². The molecule has 0 unspecified atom stereocenters. The lowest BCUT2D eigenvalue weighted by Crippen LogP contribution is -2.35. The summed E-state index contributed by atoms with van der Waals surface area (Å²) in [5.41, 5.74) is 1.25. The molecule has 0 spiro atoms. The molecule has 0 saturated heterocycles. The first-order valence-electron chi connectivity index (χ1n) is 10.1. The van der Waals surface area contributed by atoms with Crippen molar-refractivity contribution in [3.63, 3.8) is 0 Å². The number of pyridine rings is 1. The average Bonchev–Trinajstić information content (AvgIpc) is 3.21. The van der Waals surface area contributed by atoms with Crippen molar-refractivity contribution in [2.45, 2.75) is 18.4 Å². The van der Waals surface area contributed by atoms with Crippen molar-refractivity contribution in [3.8, 4) is 5.75 Å². The first-order valence-corrected chi connectivity index (χ1v) is 12.5. The summed E-state index contributed by atoms with van der Waals surface area (Å²) < 4.78 is 45.2. The Morgan fingerprint density at radius 2 is 1.91 bits per heavy atom. The van der Waals surface area contributed by atoms with Gasteiger partial charge in [-0.1, -0.05) is 17.4 Å². The first-order chi connectivity index (χ1) is 15.9. The number of carbonyl (C=O) groups is 1. The number of rotatable bonds is 8. The van der Waals surface area contributed by atoms with Gasteiger partial charge in [0.2, 0.25) is 5.91 Å². The number of ether oxygens (including phenoxy) is 1. The molecule has 7 nitrogen and oxygen atoms in total. The van der Waals surface area contributed by atoms with Gasteiger partial charge < -0.3 is 4.74 Å². The molecule has 10 heteroatoms. The molecule has 2 aromatic carbocycles. The van der Waals surface area contributed by atoms with E-state index in [-0.39, 0.29) is 11.4 Å². The minimum absolute atomic E-state index is 0.0523. The van der Waals surface area contributed by atoms with Gasteiger partial charge in [-0.25, -0.2) is 17.8 Å². The van der Waals surface area contributed by atoms with Crippen molar-refractivity contribution >= 4 is 42.4 Å². The van der Waals surface area contributed by atoms with Gasteiger partial charge in [0.25, 0.3) is 0 Å². The molecule has 170 valence electrons. The van der Waals surface area contributed by atoms with Crippen LogP contribution in [0.25, 0.3) is 10.2 Å². The Hall–Kier alpha value is -3.37. The van der Waals surface area contributed by atoms with Crippen LogP contribution in [0.5, 0.6) is 5.75 Å². The summed E-state index contributed by atoms with van der Waals surface area (Å²) in [6.45, 7) is 2.45. The monoisotopic (exact) mass is 485 g/mol.